The first-order valence-corrected chi connectivity index (χ1v) is 8.46. The number of nitrogens with one attached hydrogen (secondary N) is 2. The Bertz CT molecular complexity index is 702. The molecule has 128 valence electrons. The van der Waals surface area contributed by atoms with Crippen molar-refractivity contribution in [2.24, 2.45) is 0 Å². The minimum absolute atomic E-state index is 0.218. The van der Waals surface area contributed by atoms with Gasteiger partial charge in [0.25, 0.3) is 11.8 Å². The van der Waals surface area contributed by atoms with E-state index in [9.17, 15) is 9.59 Å². The second-order valence-corrected chi connectivity index (χ2v) is 6.10. The quantitative estimate of drug-likeness (QED) is 0.713. The monoisotopic (exact) mass is 348 g/mol. The van der Waals surface area contributed by atoms with Crippen LogP contribution in [0, 0.1) is 0 Å². The Morgan fingerprint density at radius 2 is 2.08 bits per heavy atom. The Kier molecular flexibility index (Phi) is 6.83. The van der Waals surface area contributed by atoms with E-state index in [1.54, 1.807) is 31.4 Å². The Morgan fingerprint density at radius 1 is 1.25 bits per heavy atom. The number of rotatable bonds is 8. The summed E-state index contributed by atoms with van der Waals surface area (Å²) in [6, 6.07) is 6.73. The van der Waals surface area contributed by atoms with Gasteiger partial charge in [-0.25, -0.2) is 0 Å². The lowest BCUT2D eigenvalue weighted by molar-refractivity contribution is 0.0936. The highest BCUT2D eigenvalue weighted by atomic mass is 32.1. The van der Waals surface area contributed by atoms with Crippen LogP contribution in [0.5, 0.6) is 0 Å². The van der Waals surface area contributed by atoms with Crippen LogP contribution < -0.4 is 10.6 Å². The van der Waals surface area contributed by atoms with E-state index in [1.807, 2.05) is 6.92 Å². The predicted molar refractivity (Wildman–Crippen MR) is 92.5 cm³/mol. The fourth-order valence-corrected chi connectivity index (χ4v) is 2.79. The van der Waals surface area contributed by atoms with Crippen LogP contribution in [0.1, 0.15) is 38.5 Å². The van der Waals surface area contributed by atoms with Gasteiger partial charge in [0.05, 0.1) is 6.61 Å². The minimum atomic E-state index is -0.327. The number of anilines is 1. The molecule has 2 N–H and O–H groups in total. The number of carbonyl (C=O) groups excluding carboxylic acids is 2. The van der Waals surface area contributed by atoms with Gasteiger partial charge in [-0.1, -0.05) is 24.3 Å². The molecule has 2 aromatic rings. The van der Waals surface area contributed by atoms with E-state index in [0.29, 0.717) is 29.4 Å². The molecule has 7 nitrogen and oxygen atoms in total. The van der Waals surface area contributed by atoms with Crippen LogP contribution in [0.4, 0.5) is 5.69 Å². The van der Waals surface area contributed by atoms with Crippen molar-refractivity contribution in [3.63, 3.8) is 0 Å². The molecule has 0 saturated heterocycles. The molecule has 0 fully saturated rings. The van der Waals surface area contributed by atoms with E-state index < -0.39 is 0 Å². The van der Waals surface area contributed by atoms with E-state index >= 15 is 0 Å². The number of ether oxygens (including phenoxy) is 1. The molecule has 0 aliphatic carbocycles. The Morgan fingerprint density at radius 3 is 2.83 bits per heavy atom. The highest BCUT2D eigenvalue weighted by molar-refractivity contribution is 7.13. The summed E-state index contributed by atoms with van der Waals surface area (Å²) in [5, 5.41) is 14.5. The first-order chi connectivity index (χ1) is 11.6. The molecule has 2 rings (SSSR count). The van der Waals surface area contributed by atoms with Crippen molar-refractivity contribution >= 4 is 28.8 Å². The lowest BCUT2D eigenvalue weighted by Crippen LogP contribution is -2.27. The Hall–Kier alpha value is -2.32. The highest BCUT2D eigenvalue weighted by Crippen LogP contribution is 2.15. The van der Waals surface area contributed by atoms with E-state index in [2.05, 4.69) is 20.8 Å². The van der Waals surface area contributed by atoms with Gasteiger partial charge in [-0.3, -0.25) is 9.59 Å². The number of hydrogen-bond acceptors (Lipinski definition) is 6. The van der Waals surface area contributed by atoms with Crippen molar-refractivity contribution in [1.29, 1.82) is 0 Å². The second-order valence-electron chi connectivity index (χ2n) is 5.03. The zero-order valence-electron chi connectivity index (χ0n) is 13.7. The van der Waals surface area contributed by atoms with Gasteiger partial charge >= 0.3 is 0 Å². The zero-order chi connectivity index (χ0) is 17.4. The van der Waals surface area contributed by atoms with Gasteiger partial charge in [0.15, 0.2) is 0 Å². The molecule has 0 saturated carbocycles. The molecule has 0 bridgehead atoms. The molecule has 0 unspecified atom stereocenters. The minimum Gasteiger partial charge on any atom is -0.383 e. The molecule has 0 radical (unpaired) electrons. The summed E-state index contributed by atoms with van der Waals surface area (Å²) in [6.07, 6.45) is 1.76. The average Bonchev–Trinajstić information content (AvgIpc) is 3.04. The predicted octanol–water partition coefficient (Wildman–Crippen LogP) is 2.12. The molecule has 1 aromatic heterocycles. The fraction of sp³-hybridized carbons (Fsp3) is 0.375. The Balaban J connectivity index is 2.00. The van der Waals surface area contributed by atoms with E-state index in [1.165, 1.54) is 11.3 Å². The van der Waals surface area contributed by atoms with Crippen LogP contribution in [0.3, 0.4) is 0 Å². The number of hydrogen-bond donors (Lipinski definition) is 2. The average molecular weight is 348 g/mol. The summed E-state index contributed by atoms with van der Waals surface area (Å²) in [4.78, 5) is 24.2. The maximum absolute atomic E-state index is 12.2. The van der Waals surface area contributed by atoms with Gasteiger partial charge in [0.1, 0.15) is 5.01 Å². The molecule has 8 heteroatoms. The van der Waals surface area contributed by atoms with Crippen LogP contribution >= 0.6 is 11.3 Å². The zero-order valence-corrected chi connectivity index (χ0v) is 14.5. The number of aryl methyl sites for hydroxylation is 1. The van der Waals surface area contributed by atoms with E-state index in [4.69, 9.17) is 4.74 Å². The number of benzene rings is 1. The van der Waals surface area contributed by atoms with Crippen LogP contribution in [0.15, 0.2) is 24.3 Å². The largest absolute Gasteiger partial charge is 0.383 e. The fourth-order valence-electron chi connectivity index (χ4n) is 1.95. The highest BCUT2D eigenvalue weighted by Gasteiger charge is 2.13. The normalized spacial score (nSPS) is 10.4. The third-order valence-electron chi connectivity index (χ3n) is 3.10. The van der Waals surface area contributed by atoms with E-state index in [-0.39, 0.29) is 11.8 Å². The van der Waals surface area contributed by atoms with Crippen molar-refractivity contribution in [1.82, 2.24) is 15.5 Å². The summed E-state index contributed by atoms with van der Waals surface area (Å²) in [7, 11) is 1.57. The molecular weight excluding hydrogens is 328 g/mol. The topological polar surface area (TPSA) is 93.2 Å². The van der Waals surface area contributed by atoms with Crippen molar-refractivity contribution in [2.75, 3.05) is 25.6 Å². The van der Waals surface area contributed by atoms with Gasteiger partial charge < -0.3 is 15.4 Å². The van der Waals surface area contributed by atoms with Gasteiger partial charge in [0, 0.05) is 31.3 Å². The summed E-state index contributed by atoms with van der Waals surface area (Å²) in [5.74, 6) is -0.545. The summed E-state index contributed by atoms with van der Waals surface area (Å²) < 4.78 is 4.89. The third kappa shape index (κ3) is 5.10. The number of aromatic nitrogens is 2. The van der Waals surface area contributed by atoms with Gasteiger partial charge in [-0.2, -0.15) is 0 Å². The van der Waals surface area contributed by atoms with Crippen molar-refractivity contribution in [3.05, 3.63) is 39.8 Å². The molecule has 0 spiro atoms. The summed E-state index contributed by atoms with van der Waals surface area (Å²) in [6.45, 7) is 2.92. The van der Waals surface area contributed by atoms with Crippen molar-refractivity contribution < 1.29 is 14.3 Å². The third-order valence-corrected chi connectivity index (χ3v) is 4.08. The molecule has 2 amide bonds. The maximum atomic E-state index is 12.2. The van der Waals surface area contributed by atoms with Gasteiger partial charge in [-0.05, 0) is 24.6 Å². The lowest BCUT2D eigenvalue weighted by atomic mass is 10.2. The molecule has 24 heavy (non-hydrogen) atoms. The molecule has 0 aliphatic rings. The van der Waals surface area contributed by atoms with Gasteiger partial charge in [-0.15, -0.1) is 10.2 Å². The van der Waals surface area contributed by atoms with Gasteiger partial charge in [0.2, 0.25) is 5.01 Å². The first-order valence-electron chi connectivity index (χ1n) is 7.65. The van der Waals surface area contributed by atoms with Crippen LogP contribution in [0.2, 0.25) is 0 Å². The molecule has 0 atom stereocenters. The lowest BCUT2D eigenvalue weighted by Gasteiger charge is -2.07. The Labute approximate surface area is 144 Å². The molecular formula is C16H20N4O3S. The summed E-state index contributed by atoms with van der Waals surface area (Å²) in [5.41, 5.74) is 1.000. The van der Waals surface area contributed by atoms with Crippen molar-refractivity contribution in [2.45, 2.75) is 19.8 Å². The molecule has 0 aliphatic heterocycles. The number of methoxy groups -OCH3 is 1. The number of amides is 2. The maximum Gasteiger partial charge on any atom is 0.286 e. The van der Waals surface area contributed by atoms with Crippen LogP contribution in [-0.2, 0) is 11.2 Å². The number of nitrogens with zero attached hydrogens (tertiary/aromatic N) is 2. The first kappa shape index (κ1) is 18.0. The smallest absolute Gasteiger partial charge is 0.286 e. The van der Waals surface area contributed by atoms with Crippen molar-refractivity contribution in [3.8, 4) is 0 Å². The number of carbonyl (C=O) groups is 2. The SMILES string of the molecule is CCCc1nnc(C(=O)Nc2cccc(C(=O)NCCOC)c2)s1. The van der Waals surface area contributed by atoms with E-state index in [0.717, 1.165) is 17.8 Å². The molecule has 1 heterocycles. The van der Waals surface area contributed by atoms with Crippen LogP contribution in [-0.4, -0.2) is 42.3 Å². The standard InChI is InChI=1S/C16H20N4O3S/c1-3-5-13-19-20-16(24-13)15(22)18-12-7-4-6-11(10-12)14(21)17-8-9-23-2/h4,6-7,10H,3,5,8-9H2,1-2H3,(H,17,21)(H,18,22). The van der Waals surface area contributed by atoms with Crippen LogP contribution in [0.25, 0.3) is 0 Å². The second kappa shape index (κ2) is 9.09. The molecule has 1 aromatic carbocycles. The summed E-state index contributed by atoms with van der Waals surface area (Å²) >= 11 is 1.28.